The maximum atomic E-state index is 12.2. The molecule has 6 nitrogen and oxygen atoms in total. The number of oxime groups is 1. The first-order valence-corrected chi connectivity index (χ1v) is 8.69. The standard InChI is InChI=1S/C21H22N2O4/c1-14(13-23-17-7-5-6-8-18(17)26-20(23)25)22-27-19(24)15-9-11-16(12-10-15)21(2,3)4/h5-12H,13H2,1-4H3/b22-14-. The van der Waals surface area contributed by atoms with Crippen LogP contribution in [-0.4, -0.2) is 16.2 Å². The first-order chi connectivity index (χ1) is 12.8. The summed E-state index contributed by atoms with van der Waals surface area (Å²) in [6, 6.07) is 14.4. The Morgan fingerprint density at radius 2 is 1.78 bits per heavy atom. The van der Waals surface area contributed by atoms with Gasteiger partial charge in [-0.05, 0) is 42.2 Å². The van der Waals surface area contributed by atoms with Gasteiger partial charge in [-0.2, -0.15) is 0 Å². The molecule has 0 N–H and O–H groups in total. The maximum Gasteiger partial charge on any atom is 0.420 e. The molecule has 2 aromatic carbocycles. The summed E-state index contributed by atoms with van der Waals surface area (Å²) >= 11 is 0. The highest BCUT2D eigenvalue weighted by Gasteiger charge is 2.15. The summed E-state index contributed by atoms with van der Waals surface area (Å²) in [5, 5.41) is 3.86. The number of para-hydroxylation sites is 2. The number of carbonyl (C=O) groups is 1. The number of fused-ring (bicyclic) bond motifs is 1. The van der Waals surface area contributed by atoms with E-state index in [4.69, 9.17) is 9.25 Å². The lowest BCUT2D eigenvalue weighted by molar-refractivity contribution is 0.0514. The maximum absolute atomic E-state index is 12.2. The highest BCUT2D eigenvalue weighted by atomic mass is 16.7. The Morgan fingerprint density at radius 1 is 1.11 bits per heavy atom. The normalized spacial score (nSPS) is 12.4. The molecule has 6 heteroatoms. The van der Waals surface area contributed by atoms with Crippen molar-refractivity contribution in [3.05, 3.63) is 70.2 Å². The number of oxazole rings is 1. The first kappa shape index (κ1) is 18.6. The summed E-state index contributed by atoms with van der Waals surface area (Å²) in [6.07, 6.45) is 0. The Morgan fingerprint density at radius 3 is 2.44 bits per heavy atom. The molecule has 0 saturated heterocycles. The van der Waals surface area contributed by atoms with Gasteiger partial charge in [0.1, 0.15) is 0 Å². The van der Waals surface area contributed by atoms with Crippen molar-refractivity contribution >= 4 is 22.8 Å². The quantitative estimate of drug-likeness (QED) is 0.395. The molecule has 0 atom stereocenters. The third kappa shape index (κ3) is 4.16. The van der Waals surface area contributed by atoms with Gasteiger partial charge in [-0.15, -0.1) is 0 Å². The molecule has 0 aliphatic carbocycles. The minimum atomic E-state index is -0.542. The van der Waals surface area contributed by atoms with Crippen molar-refractivity contribution in [1.82, 2.24) is 4.57 Å². The van der Waals surface area contributed by atoms with Crippen molar-refractivity contribution in [2.75, 3.05) is 0 Å². The lowest BCUT2D eigenvalue weighted by Crippen LogP contribution is -2.19. The summed E-state index contributed by atoms with van der Waals surface area (Å²) < 4.78 is 6.62. The third-order valence-electron chi connectivity index (χ3n) is 4.23. The number of aromatic nitrogens is 1. The van der Waals surface area contributed by atoms with Crippen LogP contribution in [0, 0.1) is 0 Å². The zero-order valence-electron chi connectivity index (χ0n) is 15.9. The van der Waals surface area contributed by atoms with Crippen LogP contribution in [0.5, 0.6) is 0 Å². The highest BCUT2D eigenvalue weighted by molar-refractivity contribution is 5.90. The molecule has 27 heavy (non-hydrogen) atoms. The molecular weight excluding hydrogens is 344 g/mol. The summed E-state index contributed by atoms with van der Waals surface area (Å²) in [5.41, 5.74) is 3.21. The second kappa shape index (κ2) is 7.23. The molecule has 0 amide bonds. The molecule has 1 heterocycles. The Bertz CT molecular complexity index is 1050. The molecule has 3 rings (SSSR count). The zero-order chi connectivity index (χ0) is 19.6. The molecule has 0 fully saturated rings. The first-order valence-electron chi connectivity index (χ1n) is 8.69. The lowest BCUT2D eigenvalue weighted by atomic mass is 9.87. The van der Waals surface area contributed by atoms with Gasteiger partial charge in [0.05, 0.1) is 23.3 Å². The smallest absolute Gasteiger partial charge is 0.408 e. The van der Waals surface area contributed by atoms with Crippen molar-refractivity contribution in [1.29, 1.82) is 0 Å². The summed E-state index contributed by atoms with van der Waals surface area (Å²) in [4.78, 5) is 29.2. The Labute approximate surface area is 157 Å². The zero-order valence-corrected chi connectivity index (χ0v) is 15.9. The minimum Gasteiger partial charge on any atom is -0.408 e. The van der Waals surface area contributed by atoms with Crippen LogP contribution >= 0.6 is 0 Å². The van der Waals surface area contributed by atoms with Crippen molar-refractivity contribution in [2.24, 2.45) is 5.16 Å². The number of hydrogen-bond acceptors (Lipinski definition) is 5. The van der Waals surface area contributed by atoms with Gasteiger partial charge in [-0.1, -0.05) is 50.2 Å². The van der Waals surface area contributed by atoms with Gasteiger partial charge in [-0.3, -0.25) is 4.57 Å². The van der Waals surface area contributed by atoms with E-state index in [0.717, 1.165) is 5.56 Å². The van der Waals surface area contributed by atoms with Crippen LogP contribution in [0.4, 0.5) is 0 Å². The molecule has 0 aliphatic rings. The fourth-order valence-corrected chi connectivity index (χ4v) is 2.70. The van der Waals surface area contributed by atoms with Crippen LogP contribution in [0.25, 0.3) is 11.1 Å². The predicted octanol–water partition coefficient (Wildman–Crippen LogP) is 4.12. The van der Waals surface area contributed by atoms with Crippen LogP contribution in [-0.2, 0) is 16.8 Å². The molecule has 140 valence electrons. The summed E-state index contributed by atoms with van der Waals surface area (Å²) in [5.74, 6) is -1.02. The Kier molecular flexibility index (Phi) is 4.99. The minimum absolute atomic E-state index is 0.0117. The van der Waals surface area contributed by atoms with E-state index in [-0.39, 0.29) is 12.0 Å². The van der Waals surface area contributed by atoms with E-state index in [1.807, 2.05) is 18.2 Å². The van der Waals surface area contributed by atoms with E-state index in [9.17, 15) is 9.59 Å². The van der Waals surface area contributed by atoms with Crippen molar-refractivity contribution in [3.63, 3.8) is 0 Å². The molecule has 0 radical (unpaired) electrons. The highest BCUT2D eigenvalue weighted by Crippen LogP contribution is 2.22. The van der Waals surface area contributed by atoms with Gasteiger partial charge in [0.15, 0.2) is 5.58 Å². The largest absolute Gasteiger partial charge is 0.420 e. The SMILES string of the molecule is C/C(Cn1c(=O)oc2ccccc21)=N/OC(=O)c1ccc(C(C)(C)C)cc1. The van der Waals surface area contributed by atoms with Gasteiger partial charge in [-0.25, -0.2) is 9.59 Å². The average molecular weight is 366 g/mol. The van der Waals surface area contributed by atoms with Crippen molar-refractivity contribution < 1.29 is 14.0 Å². The van der Waals surface area contributed by atoms with Crippen LogP contribution < -0.4 is 5.76 Å². The number of hydrogen-bond donors (Lipinski definition) is 0. The molecule has 0 unspecified atom stereocenters. The van der Waals surface area contributed by atoms with Gasteiger partial charge in [0.2, 0.25) is 0 Å². The van der Waals surface area contributed by atoms with Crippen LogP contribution in [0.3, 0.4) is 0 Å². The Hall–Kier alpha value is -3.15. The lowest BCUT2D eigenvalue weighted by Gasteiger charge is -2.18. The molecule has 1 aromatic heterocycles. The van der Waals surface area contributed by atoms with Crippen molar-refractivity contribution in [2.45, 2.75) is 39.7 Å². The molecule has 3 aromatic rings. The number of benzene rings is 2. The van der Waals surface area contributed by atoms with Crippen molar-refractivity contribution in [3.8, 4) is 0 Å². The van der Waals surface area contributed by atoms with E-state index < -0.39 is 11.7 Å². The average Bonchev–Trinajstić information content (AvgIpc) is 2.94. The topological polar surface area (TPSA) is 73.8 Å². The third-order valence-corrected chi connectivity index (χ3v) is 4.23. The summed E-state index contributed by atoms with van der Waals surface area (Å²) in [6.45, 7) is 8.18. The van der Waals surface area contributed by atoms with Gasteiger partial charge >= 0.3 is 11.7 Å². The fraction of sp³-hybridized carbons (Fsp3) is 0.286. The fourth-order valence-electron chi connectivity index (χ4n) is 2.70. The van der Waals surface area contributed by atoms with Gasteiger partial charge < -0.3 is 9.25 Å². The summed E-state index contributed by atoms with van der Waals surface area (Å²) in [7, 11) is 0. The number of nitrogens with zero attached hydrogens (tertiary/aromatic N) is 2. The molecule has 0 saturated carbocycles. The molecule has 0 aliphatic heterocycles. The van der Waals surface area contributed by atoms with E-state index in [1.54, 1.807) is 37.3 Å². The van der Waals surface area contributed by atoms with Crippen LogP contribution in [0.15, 0.2) is 62.9 Å². The van der Waals surface area contributed by atoms with Gasteiger partial charge in [0, 0.05) is 0 Å². The monoisotopic (exact) mass is 366 g/mol. The van der Waals surface area contributed by atoms with Crippen LogP contribution in [0.1, 0.15) is 43.6 Å². The second-order valence-corrected chi connectivity index (χ2v) is 7.45. The van der Waals surface area contributed by atoms with E-state index in [0.29, 0.717) is 22.4 Å². The number of carbonyl (C=O) groups excluding carboxylic acids is 1. The molecule has 0 bridgehead atoms. The predicted molar refractivity (Wildman–Crippen MR) is 104 cm³/mol. The van der Waals surface area contributed by atoms with Crippen LogP contribution in [0.2, 0.25) is 0 Å². The number of rotatable bonds is 4. The second-order valence-electron chi connectivity index (χ2n) is 7.45. The Balaban J connectivity index is 1.71. The molecular formula is C21H22N2O4. The van der Waals surface area contributed by atoms with E-state index in [1.165, 1.54) is 4.57 Å². The van der Waals surface area contributed by atoms with E-state index >= 15 is 0 Å². The molecule has 0 spiro atoms. The van der Waals surface area contributed by atoms with E-state index in [2.05, 4.69) is 25.9 Å². The van der Waals surface area contributed by atoms with Gasteiger partial charge in [0.25, 0.3) is 0 Å².